The fourth-order valence-corrected chi connectivity index (χ4v) is 5.54. The Balaban J connectivity index is 1.31. The Bertz CT molecular complexity index is 1300. The summed E-state index contributed by atoms with van der Waals surface area (Å²) in [4.78, 5) is 9.31. The molecule has 1 aliphatic heterocycles. The molecule has 1 saturated heterocycles. The molecule has 0 amide bonds. The Morgan fingerprint density at radius 3 is 2.31 bits per heavy atom. The van der Waals surface area contributed by atoms with E-state index in [1.165, 1.54) is 28.5 Å². The van der Waals surface area contributed by atoms with Crippen LogP contribution in [0.3, 0.4) is 0 Å². The summed E-state index contributed by atoms with van der Waals surface area (Å²) in [6.45, 7) is 9.03. The van der Waals surface area contributed by atoms with Crippen molar-refractivity contribution in [3.05, 3.63) is 82.1 Å². The van der Waals surface area contributed by atoms with Crippen molar-refractivity contribution in [2.24, 2.45) is 0 Å². The highest BCUT2D eigenvalue weighted by atomic mass is 35.5. The van der Waals surface area contributed by atoms with Gasteiger partial charge in [0.25, 0.3) is 0 Å². The van der Waals surface area contributed by atoms with Gasteiger partial charge >= 0.3 is 0 Å². The first kappa shape index (κ1) is 25.1. The monoisotopic (exact) mass is 521 g/mol. The molecule has 1 fully saturated rings. The lowest BCUT2D eigenvalue weighted by Gasteiger charge is -2.35. The van der Waals surface area contributed by atoms with Crippen LogP contribution in [0.1, 0.15) is 30.9 Å². The fourth-order valence-electron chi connectivity index (χ4n) is 5.02. The number of halogens is 2. The smallest absolute Gasteiger partial charge is 0.123 e. The summed E-state index contributed by atoms with van der Waals surface area (Å²) in [5.74, 6) is 0.546. The maximum absolute atomic E-state index is 6.39. The second kappa shape index (κ2) is 11.2. The van der Waals surface area contributed by atoms with E-state index >= 15 is 0 Å². The maximum Gasteiger partial charge on any atom is 0.123 e. The quantitative estimate of drug-likeness (QED) is 0.280. The third-order valence-electron chi connectivity index (χ3n) is 7.11. The number of aromatic nitrogens is 2. The molecular weight excluding hydrogens is 489 g/mol. The van der Waals surface area contributed by atoms with Crippen LogP contribution < -0.4 is 5.73 Å². The van der Waals surface area contributed by atoms with Crippen molar-refractivity contribution in [3.8, 4) is 11.1 Å². The Kier molecular flexibility index (Phi) is 7.82. The van der Waals surface area contributed by atoms with E-state index in [1.54, 1.807) is 0 Å². The Hall–Kier alpha value is -2.57. The number of benzene rings is 2. The Morgan fingerprint density at radius 2 is 1.64 bits per heavy atom. The van der Waals surface area contributed by atoms with Gasteiger partial charge in [0.05, 0.1) is 0 Å². The van der Waals surface area contributed by atoms with Crippen LogP contribution in [0.2, 0.25) is 10.0 Å². The van der Waals surface area contributed by atoms with Crippen LogP contribution in [0.25, 0.3) is 22.0 Å². The standard InChI is InChI=1S/C29H33Cl2N5/c1-2-3-11-36-20-24(22-8-10-29(32)33-17-22)23-16-21(7-9-28(23)36)18-34-12-14-35(15-13-34)19-25-26(30)5-4-6-27(25)31/h4-10,16-17,20H,2-3,11-15,18-19H2,1H3,(H2,32,33). The molecule has 0 bridgehead atoms. The summed E-state index contributed by atoms with van der Waals surface area (Å²) in [6.07, 6.45) is 6.49. The molecule has 3 heterocycles. The number of nitrogens with zero attached hydrogens (tertiary/aromatic N) is 4. The van der Waals surface area contributed by atoms with Crippen molar-refractivity contribution in [2.75, 3.05) is 31.9 Å². The van der Waals surface area contributed by atoms with Gasteiger partial charge in [-0.2, -0.15) is 0 Å². The molecule has 2 aromatic carbocycles. The number of nitrogens with two attached hydrogens (primary N) is 1. The van der Waals surface area contributed by atoms with Gasteiger partial charge in [-0.15, -0.1) is 0 Å². The van der Waals surface area contributed by atoms with Crippen molar-refractivity contribution in [3.63, 3.8) is 0 Å². The van der Waals surface area contributed by atoms with Gasteiger partial charge in [-0.3, -0.25) is 9.80 Å². The van der Waals surface area contributed by atoms with Gasteiger partial charge in [0, 0.05) is 95.8 Å². The molecule has 0 saturated carbocycles. The van der Waals surface area contributed by atoms with Crippen LogP contribution >= 0.6 is 23.2 Å². The third kappa shape index (κ3) is 5.55. The third-order valence-corrected chi connectivity index (χ3v) is 7.82. The topological polar surface area (TPSA) is 50.3 Å². The number of aryl methyl sites for hydroxylation is 1. The number of unbranched alkanes of at least 4 members (excludes halogenated alkanes) is 1. The molecular formula is C29H33Cl2N5. The summed E-state index contributed by atoms with van der Waals surface area (Å²) in [5, 5.41) is 2.77. The highest BCUT2D eigenvalue weighted by Crippen LogP contribution is 2.32. The molecule has 36 heavy (non-hydrogen) atoms. The highest BCUT2D eigenvalue weighted by Gasteiger charge is 2.20. The molecule has 2 N–H and O–H groups in total. The first-order valence-corrected chi connectivity index (χ1v) is 13.5. The SMILES string of the molecule is CCCCn1cc(-c2ccc(N)nc2)c2cc(CN3CCN(Cc4c(Cl)cccc4Cl)CC3)ccc21. The normalized spacial score (nSPS) is 15.1. The van der Waals surface area contributed by atoms with Crippen molar-refractivity contribution >= 4 is 39.9 Å². The van der Waals surface area contributed by atoms with Crippen LogP contribution in [0, 0.1) is 0 Å². The van der Waals surface area contributed by atoms with Gasteiger partial charge in [-0.1, -0.05) is 48.7 Å². The molecule has 0 aliphatic carbocycles. The molecule has 7 heteroatoms. The van der Waals surface area contributed by atoms with Gasteiger partial charge < -0.3 is 10.3 Å². The van der Waals surface area contributed by atoms with Crippen LogP contribution in [-0.2, 0) is 19.6 Å². The van der Waals surface area contributed by atoms with Crippen molar-refractivity contribution in [1.82, 2.24) is 19.4 Å². The minimum absolute atomic E-state index is 0.546. The second-order valence-electron chi connectivity index (χ2n) is 9.67. The molecule has 5 nitrogen and oxygen atoms in total. The number of fused-ring (bicyclic) bond motifs is 1. The molecule has 188 valence electrons. The number of pyridine rings is 1. The summed E-state index contributed by atoms with van der Waals surface area (Å²) in [6, 6.07) is 16.6. The van der Waals surface area contributed by atoms with Crippen LogP contribution in [0.4, 0.5) is 5.82 Å². The minimum Gasteiger partial charge on any atom is -0.384 e. The van der Waals surface area contributed by atoms with Gasteiger partial charge in [-0.05, 0) is 48.4 Å². The minimum atomic E-state index is 0.546. The number of rotatable bonds is 8. The van der Waals surface area contributed by atoms with Crippen LogP contribution in [0.15, 0.2) is 60.9 Å². The first-order valence-electron chi connectivity index (χ1n) is 12.7. The second-order valence-corrected chi connectivity index (χ2v) is 10.5. The van der Waals surface area contributed by atoms with E-state index in [1.807, 2.05) is 30.5 Å². The van der Waals surface area contributed by atoms with Crippen LogP contribution in [-0.4, -0.2) is 45.5 Å². The summed E-state index contributed by atoms with van der Waals surface area (Å²) < 4.78 is 2.38. The Labute approximate surface area is 223 Å². The van der Waals surface area contributed by atoms with Gasteiger partial charge in [0.1, 0.15) is 5.82 Å². The predicted octanol–water partition coefficient (Wildman–Crippen LogP) is 6.71. The average Bonchev–Trinajstić information content (AvgIpc) is 3.24. The lowest BCUT2D eigenvalue weighted by atomic mass is 10.0. The number of hydrogen-bond acceptors (Lipinski definition) is 4. The fraction of sp³-hybridized carbons (Fsp3) is 0.345. The summed E-state index contributed by atoms with van der Waals surface area (Å²) >= 11 is 12.8. The van der Waals surface area contributed by atoms with E-state index in [0.29, 0.717) is 5.82 Å². The lowest BCUT2D eigenvalue weighted by Crippen LogP contribution is -2.45. The van der Waals surface area contributed by atoms with Crippen molar-refractivity contribution in [1.29, 1.82) is 0 Å². The Morgan fingerprint density at radius 1 is 0.917 bits per heavy atom. The summed E-state index contributed by atoms with van der Waals surface area (Å²) in [7, 11) is 0. The molecule has 0 spiro atoms. The van der Waals surface area contributed by atoms with E-state index in [-0.39, 0.29) is 0 Å². The zero-order valence-electron chi connectivity index (χ0n) is 20.8. The number of anilines is 1. The molecule has 0 radical (unpaired) electrons. The van der Waals surface area contributed by atoms with Crippen molar-refractivity contribution < 1.29 is 0 Å². The number of piperazine rings is 1. The molecule has 0 unspecified atom stereocenters. The molecule has 2 aromatic heterocycles. The zero-order valence-corrected chi connectivity index (χ0v) is 22.3. The molecule has 0 atom stereocenters. The number of nitrogen functional groups attached to an aromatic ring is 1. The van der Waals surface area contributed by atoms with E-state index in [9.17, 15) is 0 Å². The van der Waals surface area contributed by atoms with E-state index in [0.717, 1.165) is 73.4 Å². The van der Waals surface area contributed by atoms with Crippen molar-refractivity contribution in [2.45, 2.75) is 39.4 Å². The first-order chi connectivity index (χ1) is 17.5. The molecule has 1 aliphatic rings. The molecule has 4 aromatic rings. The van der Waals surface area contributed by atoms with Gasteiger partial charge in [0.2, 0.25) is 0 Å². The average molecular weight is 523 g/mol. The molecule has 5 rings (SSSR count). The van der Waals surface area contributed by atoms with Crippen LogP contribution in [0.5, 0.6) is 0 Å². The van der Waals surface area contributed by atoms with Gasteiger partial charge in [0.15, 0.2) is 0 Å². The maximum atomic E-state index is 6.39. The number of hydrogen-bond donors (Lipinski definition) is 1. The van der Waals surface area contributed by atoms with E-state index in [2.05, 4.69) is 56.7 Å². The van der Waals surface area contributed by atoms with E-state index in [4.69, 9.17) is 28.9 Å². The summed E-state index contributed by atoms with van der Waals surface area (Å²) in [5.41, 5.74) is 11.8. The van der Waals surface area contributed by atoms with E-state index < -0.39 is 0 Å². The van der Waals surface area contributed by atoms with Gasteiger partial charge in [-0.25, -0.2) is 4.98 Å². The highest BCUT2D eigenvalue weighted by molar-refractivity contribution is 6.35. The lowest BCUT2D eigenvalue weighted by molar-refractivity contribution is 0.122. The largest absolute Gasteiger partial charge is 0.384 e. The predicted molar refractivity (Wildman–Crippen MR) is 152 cm³/mol. The zero-order chi connectivity index (χ0) is 25.1.